The van der Waals surface area contributed by atoms with Gasteiger partial charge in [0, 0.05) is 5.69 Å². The highest BCUT2D eigenvalue weighted by molar-refractivity contribution is 9.10. The van der Waals surface area contributed by atoms with Crippen LogP contribution in [0.15, 0.2) is 58.6 Å². The van der Waals surface area contributed by atoms with E-state index in [0.29, 0.717) is 21.5 Å². The summed E-state index contributed by atoms with van der Waals surface area (Å²) >= 11 is 3.36. The molecule has 0 saturated carbocycles. The monoisotopic (exact) mass is 513 g/mol. The van der Waals surface area contributed by atoms with Gasteiger partial charge in [-0.25, -0.2) is 5.43 Å². The number of amides is 2. The van der Waals surface area contributed by atoms with Gasteiger partial charge in [0.2, 0.25) is 11.8 Å². The van der Waals surface area contributed by atoms with Crippen molar-refractivity contribution in [2.75, 3.05) is 19.0 Å². The summed E-state index contributed by atoms with van der Waals surface area (Å²) in [5, 5.41) is 6.01. The van der Waals surface area contributed by atoms with Crippen molar-refractivity contribution in [1.82, 2.24) is 5.43 Å². The van der Waals surface area contributed by atoms with E-state index in [-0.39, 0.29) is 12.3 Å². The van der Waals surface area contributed by atoms with Crippen LogP contribution >= 0.6 is 15.9 Å². The molecule has 32 heavy (non-hydrogen) atoms. The van der Waals surface area contributed by atoms with Crippen LogP contribution in [0.3, 0.4) is 0 Å². The van der Waals surface area contributed by atoms with Crippen molar-refractivity contribution >= 4 is 39.6 Å². The van der Waals surface area contributed by atoms with Gasteiger partial charge in [-0.1, -0.05) is 18.7 Å². The van der Waals surface area contributed by atoms with E-state index < -0.39 is 30.0 Å². The largest absolute Gasteiger partial charge is 0.493 e. The molecule has 2 N–H and O–H groups in total. The van der Waals surface area contributed by atoms with Gasteiger partial charge in [-0.3, -0.25) is 9.59 Å². The molecule has 7 nitrogen and oxygen atoms in total. The number of halogens is 4. The summed E-state index contributed by atoms with van der Waals surface area (Å²) < 4.78 is 49.6. The molecule has 0 heterocycles. The zero-order valence-corrected chi connectivity index (χ0v) is 18.4. The molecular formula is C21H19BrF3N3O4. The Morgan fingerprint density at radius 3 is 2.62 bits per heavy atom. The summed E-state index contributed by atoms with van der Waals surface area (Å²) in [6.07, 6.45) is -2.26. The molecular weight excluding hydrogens is 495 g/mol. The molecule has 0 fully saturated rings. The van der Waals surface area contributed by atoms with E-state index >= 15 is 0 Å². The molecule has 0 spiro atoms. The second-order valence-corrected chi connectivity index (χ2v) is 7.08. The van der Waals surface area contributed by atoms with Crippen LogP contribution in [0.2, 0.25) is 0 Å². The second kappa shape index (κ2) is 11.3. The molecule has 2 aromatic carbocycles. The number of carbonyl (C=O) groups is 2. The first-order valence-electron chi connectivity index (χ1n) is 9.04. The van der Waals surface area contributed by atoms with Gasteiger partial charge in [0.1, 0.15) is 13.0 Å². The number of anilines is 1. The van der Waals surface area contributed by atoms with E-state index in [0.717, 1.165) is 18.2 Å². The molecule has 2 rings (SSSR count). The quantitative estimate of drug-likeness (QED) is 0.223. The maximum absolute atomic E-state index is 12.7. The molecule has 11 heteroatoms. The number of methoxy groups -OCH3 is 1. The molecule has 0 radical (unpaired) electrons. The highest BCUT2D eigenvalue weighted by Gasteiger charge is 2.30. The summed E-state index contributed by atoms with van der Waals surface area (Å²) in [5.74, 6) is -0.637. The maximum Gasteiger partial charge on any atom is 0.416 e. The summed E-state index contributed by atoms with van der Waals surface area (Å²) in [6.45, 7) is 3.86. The Labute approximate surface area is 190 Å². The molecule has 0 bridgehead atoms. The van der Waals surface area contributed by atoms with Crippen molar-refractivity contribution in [3.8, 4) is 11.5 Å². The number of hydrogen-bond donors (Lipinski definition) is 2. The summed E-state index contributed by atoms with van der Waals surface area (Å²) in [4.78, 5) is 23.8. The van der Waals surface area contributed by atoms with Gasteiger partial charge in [0.25, 0.3) is 0 Å². The number of nitrogens with zero attached hydrogens (tertiary/aromatic N) is 1. The fourth-order valence-electron chi connectivity index (χ4n) is 2.44. The zero-order valence-electron chi connectivity index (χ0n) is 16.8. The number of rotatable bonds is 9. The first kappa shape index (κ1) is 24.9. The topological polar surface area (TPSA) is 89.0 Å². The molecule has 0 atom stereocenters. The predicted molar refractivity (Wildman–Crippen MR) is 117 cm³/mol. The highest BCUT2D eigenvalue weighted by atomic mass is 79.9. The fraction of sp³-hybridized carbons (Fsp3) is 0.190. The van der Waals surface area contributed by atoms with E-state index in [1.54, 1.807) is 18.2 Å². The van der Waals surface area contributed by atoms with Crippen LogP contribution in [0, 0.1) is 0 Å². The van der Waals surface area contributed by atoms with Gasteiger partial charge >= 0.3 is 6.18 Å². The first-order valence-corrected chi connectivity index (χ1v) is 9.83. The Bertz CT molecular complexity index is 1030. The Hall–Kier alpha value is -3.34. The number of carbonyl (C=O) groups excluding carboxylic acids is 2. The third-order valence-corrected chi connectivity index (χ3v) is 4.38. The van der Waals surface area contributed by atoms with Crippen LogP contribution in [0.5, 0.6) is 11.5 Å². The number of ether oxygens (including phenoxy) is 2. The Morgan fingerprint density at radius 1 is 1.22 bits per heavy atom. The van der Waals surface area contributed by atoms with Crippen molar-refractivity contribution in [2.24, 2.45) is 5.10 Å². The van der Waals surface area contributed by atoms with Crippen LogP contribution in [-0.2, 0) is 15.8 Å². The van der Waals surface area contributed by atoms with Crippen LogP contribution in [0.25, 0.3) is 0 Å². The minimum atomic E-state index is -4.54. The smallest absolute Gasteiger partial charge is 0.416 e. The van der Waals surface area contributed by atoms with Crippen LogP contribution in [0.1, 0.15) is 17.5 Å². The van der Waals surface area contributed by atoms with Crippen molar-refractivity contribution in [3.63, 3.8) is 0 Å². The SMILES string of the molecule is C=CCOc1c(Br)cc(C=NNC(=O)CC(=O)Nc2cccc(C(F)(F)F)c2)cc1OC. The molecule has 0 unspecified atom stereocenters. The summed E-state index contributed by atoms with van der Waals surface area (Å²) in [6, 6.07) is 7.40. The summed E-state index contributed by atoms with van der Waals surface area (Å²) in [5.41, 5.74) is 1.76. The number of nitrogens with one attached hydrogen (secondary N) is 2. The Balaban J connectivity index is 1.94. The lowest BCUT2D eigenvalue weighted by atomic mass is 10.2. The number of benzene rings is 2. The molecule has 0 aliphatic carbocycles. The van der Waals surface area contributed by atoms with E-state index in [9.17, 15) is 22.8 Å². The van der Waals surface area contributed by atoms with E-state index in [2.05, 4.69) is 38.4 Å². The average Bonchev–Trinajstić information content (AvgIpc) is 2.72. The number of hydrogen-bond acceptors (Lipinski definition) is 5. The lowest BCUT2D eigenvalue weighted by Gasteiger charge is -2.12. The minimum Gasteiger partial charge on any atom is -0.493 e. The zero-order chi connectivity index (χ0) is 23.7. The molecule has 0 saturated heterocycles. The standard InChI is InChI=1S/C21H19BrF3N3O4/c1-3-7-32-20-16(22)8-13(9-17(20)31-2)12-26-28-19(30)11-18(29)27-15-6-4-5-14(10-15)21(23,24)25/h3-6,8-10,12H,1,7,11H2,2H3,(H,27,29)(H,28,30). The van der Waals surface area contributed by atoms with Crippen molar-refractivity contribution in [1.29, 1.82) is 0 Å². The molecule has 2 aromatic rings. The highest BCUT2D eigenvalue weighted by Crippen LogP contribution is 2.36. The van der Waals surface area contributed by atoms with Gasteiger partial charge in [-0.15, -0.1) is 0 Å². The second-order valence-electron chi connectivity index (χ2n) is 6.23. The lowest BCUT2D eigenvalue weighted by Crippen LogP contribution is -2.24. The molecule has 2 amide bonds. The normalized spacial score (nSPS) is 11.2. The first-order chi connectivity index (χ1) is 15.1. The average molecular weight is 514 g/mol. The summed E-state index contributed by atoms with van der Waals surface area (Å²) in [7, 11) is 1.47. The Kier molecular flexibility index (Phi) is 8.82. The third kappa shape index (κ3) is 7.41. The Morgan fingerprint density at radius 2 is 1.97 bits per heavy atom. The molecule has 0 aliphatic rings. The van der Waals surface area contributed by atoms with Crippen LogP contribution in [-0.4, -0.2) is 31.7 Å². The van der Waals surface area contributed by atoms with Crippen LogP contribution in [0.4, 0.5) is 18.9 Å². The minimum absolute atomic E-state index is 0.0724. The lowest BCUT2D eigenvalue weighted by molar-refractivity contribution is -0.137. The molecule has 170 valence electrons. The molecule has 0 aliphatic heterocycles. The van der Waals surface area contributed by atoms with Gasteiger partial charge < -0.3 is 14.8 Å². The van der Waals surface area contributed by atoms with Gasteiger partial charge in [0.15, 0.2) is 11.5 Å². The van der Waals surface area contributed by atoms with Gasteiger partial charge in [0.05, 0.1) is 23.4 Å². The van der Waals surface area contributed by atoms with Gasteiger partial charge in [-0.05, 0) is 51.8 Å². The fourth-order valence-corrected chi connectivity index (χ4v) is 3.01. The predicted octanol–water partition coefficient (Wildman–Crippen LogP) is 4.52. The maximum atomic E-state index is 12.7. The van der Waals surface area contributed by atoms with Gasteiger partial charge in [-0.2, -0.15) is 18.3 Å². The third-order valence-electron chi connectivity index (χ3n) is 3.79. The number of hydrazone groups is 1. The van der Waals surface area contributed by atoms with Crippen molar-refractivity contribution in [3.05, 3.63) is 64.7 Å². The van der Waals surface area contributed by atoms with Crippen molar-refractivity contribution in [2.45, 2.75) is 12.6 Å². The van der Waals surface area contributed by atoms with Crippen LogP contribution < -0.4 is 20.2 Å². The van der Waals surface area contributed by atoms with E-state index in [1.807, 2.05) is 0 Å². The number of alkyl halides is 3. The van der Waals surface area contributed by atoms with E-state index in [1.165, 1.54) is 19.4 Å². The van der Waals surface area contributed by atoms with E-state index in [4.69, 9.17) is 9.47 Å². The molecule has 0 aromatic heterocycles. The van der Waals surface area contributed by atoms with Crippen molar-refractivity contribution < 1.29 is 32.2 Å².